The van der Waals surface area contributed by atoms with E-state index in [1.165, 1.54) is 11.8 Å². The quantitative estimate of drug-likeness (QED) is 0.647. The summed E-state index contributed by atoms with van der Waals surface area (Å²) in [5, 5.41) is 0.627. The zero-order valence-electron chi connectivity index (χ0n) is 7.08. The Morgan fingerprint density at radius 2 is 2.31 bits per heavy atom. The summed E-state index contributed by atoms with van der Waals surface area (Å²) >= 11 is 7.43. The van der Waals surface area contributed by atoms with Gasteiger partial charge in [-0.3, -0.25) is 0 Å². The van der Waals surface area contributed by atoms with Gasteiger partial charge >= 0.3 is 0 Å². The molecular formula is C8H9ClO2S2. The molecule has 0 bridgehead atoms. The maximum atomic E-state index is 11.8. The minimum absolute atomic E-state index is 0.389. The smallest absolute Gasteiger partial charge is 0.190 e. The van der Waals surface area contributed by atoms with Crippen molar-refractivity contribution >= 4 is 33.2 Å². The van der Waals surface area contributed by atoms with Gasteiger partial charge in [0.25, 0.3) is 0 Å². The number of hydrogen-bond acceptors (Lipinski definition) is 3. The van der Waals surface area contributed by atoms with Gasteiger partial charge in [0, 0.05) is 9.94 Å². The summed E-state index contributed by atoms with van der Waals surface area (Å²) in [6.45, 7) is 1.60. The first-order valence-electron chi connectivity index (χ1n) is 3.96. The largest absolute Gasteiger partial charge is 0.223 e. The Bertz CT molecular complexity index is 406. The Labute approximate surface area is 87.0 Å². The summed E-state index contributed by atoms with van der Waals surface area (Å²) < 4.78 is 23.1. The van der Waals surface area contributed by atoms with Crippen molar-refractivity contribution in [3.05, 3.63) is 21.6 Å². The van der Waals surface area contributed by atoms with Crippen LogP contribution in [0.2, 0.25) is 0 Å². The highest BCUT2D eigenvalue weighted by Gasteiger charge is 2.38. The molecule has 2 nitrogen and oxygen atoms in total. The van der Waals surface area contributed by atoms with Gasteiger partial charge in [-0.25, -0.2) is 8.42 Å². The van der Waals surface area contributed by atoms with Crippen molar-refractivity contribution in [3.8, 4) is 0 Å². The van der Waals surface area contributed by atoms with E-state index in [0.29, 0.717) is 9.94 Å². The van der Waals surface area contributed by atoms with Gasteiger partial charge < -0.3 is 0 Å². The summed E-state index contributed by atoms with van der Waals surface area (Å²) in [5.41, 5.74) is 0.886. The normalized spacial score (nSPS) is 31.5. The Kier molecular flexibility index (Phi) is 2.25. The van der Waals surface area contributed by atoms with Crippen LogP contribution in [0, 0.1) is 0 Å². The fourth-order valence-electron chi connectivity index (χ4n) is 1.53. The lowest BCUT2D eigenvalue weighted by Crippen LogP contribution is -2.21. The minimum atomic E-state index is -3.09. The molecule has 1 unspecified atom stereocenters. The number of fused-ring (bicyclic) bond motifs is 1. The minimum Gasteiger partial charge on any atom is -0.223 e. The average Bonchev–Trinajstić information content (AvgIpc) is 2.49. The van der Waals surface area contributed by atoms with Gasteiger partial charge in [-0.15, -0.1) is 11.8 Å². The van der Waals surface area contributed by atoms with E-state index in [2.05, 4.69) is 0 Å². The molecule has 0 spiro atoms. The SMILES string of the molecule is CC1=CC(Cl)=C2CCSC2S1(=O)=O. The standard InChI is InChI=1S/C8H9ClO2S2/c1-5-4-7(9)6-2-3-12-8(6)13(5,10)11/h4,8H,2-3H2,1H3. The van der Waals surface area contributed by atoms with Crippen LogP contribution in [0.4, 0.5) is 0 Å². The zero-order valence-corrected chi connectivity index (χ0v) is 9.47. The van der Waals surface area contributed by atoms with E-state index in [0.717, 1.165) is 17.7 Å². The van der Waals surface area contributed by atoms with Crippen molar-refractivity contribution < 1.29 is 8.42 Å². The zero-order chi connectivity index (χ0) is 9.64. The highest BCUT2D eigenvalue weighted by molar-refractivity contribution is 8.15. The fraction of sp³-hybridized carbons (Fsp3) is 0.500. The van der Waals surface area contributed by atoms with Gasteiger partial charge in [0.05, 0.1) is 0 Å². The Morgan fingerprint density at radius 1 is 1.62 bits per heavy atom. The number of thioether (sulfide) groups is 1. The molecule has 2 rings (SSSR count). The van der Waals surface area contributed by atoms with Gasteiger partial charge in [0.2, 0.25) is 0 Å². The van der Waals surface area contributed by atoms with Crippen LogP contribution in [0.1, 0.15) is 13.3 Å². The second kappa shape index (κ2) is 3.04. The molecule has 0 aliphatic carbocycles. The van der Waals surface area contributed by atoms with E-state index >= 15 is 0 Å². The van der Waals surface area contributed by atoms with E-state index in [9.17, 15) is 8.42 Å². The lowest BCUT2D eigenvalue weighted by Gasteiger charge is -2.18. The summed E-state index contributed by atoms with van der Waals surface area (Å²) in [7, 11) is -3.09. The van der Waals surface area contributed by atoms with Gasteiger partial charge in [-0.2, -0.15) is 0 Å². The monoisotopic (exact) mass is 236 g/mol. The highest BCUT2D eigenvalue weighted by atomic mass is 35.5. The topological polar surface area (TPSA) is 34.1 Å². The van der Waals surface area contributed by atoms with Crippen LogP contribution in [0.25, 0.3) is 0 Å². The van der Waals surface area contributed by atoms with Crippen molar-refractivity contribution in [2.24, 2.45) is 0 Å². The molecular weight excluding hydrogens is 228 g/mol. The Hall–Kier alpha value is 0.0700. The molecule has 1 saturated heterocycles. The Morgan fingerprint density at radius 3 is 3.00 bits per heavy atom. The summed E-state index contributed by atoms with van der Waals surface area (Å²) in [6.07, 6.45) is 2.37. The van der Waals surface area contributed by atoms with Crippen LogP contribution in [0.3, 0.4) is 0 Å². The lowest BCUT2D eigenvalue weighted by molar-refractivity contribution is 0.601. The summed E-state index contributed by atoms with van der Waals surface area (Å²) in [6, 6.07) is 0. The Balaban J connectivity index is 2.60. The highest BCUT2D eigenvalue weighted by Crippen LogP contribution is 2.44. The predicted octanol–water partition coefficient (Wildman–Crippen LogP) is 2.27. The van der Waals surface area contributed by atoms with Crippen molar-refractivity contribution in [2.45, 2.75) is 17.9 Å². The molecule has 5 heteroatoms. The second-order valence-corrected chi connectivity index (χ2v) is 7.25. The van der Waals surface area contributed by atoms with E-state index < -0.39 is 14.4 Å². The fourth-order valence-corrected chi connectivity index (χ4v) is 5.78. The van der Waals surface area contributed by atoms with Crippen molar-refractivity contribution in [3.63, 3.8) is 0 Å². The van der Waals surface area contributed by atoms with Gasteiger partial charge in [0.1, 0.15) is 4.58 Å². The predicted molar refractivity (Wildman–Crippen MR) is 56.4 cm³/mol. The van der Waals surface area contributed by atoms with Crippen LogP contribution < -0.4 is 0 Å². The number of sulfone groups is 1. The van der Waals surface area contributed by atoms with Crippen LogP contribution in [0.5, 0.6) is 0 Å². The maximum absolute atomic E-state index is 11.8. The molecule has 2 aliphatic rings. The van der Waals surface area contributed by atoms with Crippen LogP contribution in [-0.4, -0.2) is 18.8 Å². The van der Waals surface area contributed by atoms with Gasteiger partial charge in [-0.05, 0) is 30.7 Å². The molecule has 0 amide bonds. The third-order valence-corrected chi connectivity index (χ3v) is 6.70. The molecule has 2 aliphatic heterocycles. The number of hydrogen-bond donors (Lipinski definition) is 0. The molecule has 1 fully saturated rings. The summed E-state index contributed by atoms with van der Waals surface area (Å²) in [5.74, 6) is 0.858. The maximum Gasteiger partial charge on any atom is 0.190 e. The molecule has 0 aromatic rings. The molecule has 72 valence electrons. The second-order valence-electron chi connectivity index (χ2n) is 3.13. The molecule has 13 heavy (non-hydrogen) atoms. The first kappa shape index (κ1) is 9.62. The van der Waals surface area contributed by atoms with Crippen molar-refractivity contribution in [1.29, 1.82) is 0 Å². The summed E-state index contributed by atoms with van der Waals surface area (Å²) in [4.78, 5) is 0.389. The molecule has 1 atom stereocenters. The van der Waals surface area contributed by atoms with Crippen LogP contribution in [0.15, 0.2) is 21.6 Å². The average molecular weight is 237 g/mol. The van der Waals surface area contributed by atoms with E-state index in [4.69, 9.17) is 11.6 Å². The molecule has 0 saturated carbocycles. The van der Waals surface area contributed by atoms with Crippen LogP contribution >= 0.6 is 23.4 Å². The van der Waals surface area contributed by atoms with Gasteiger partial charge in [0.15, 0.2) is 9.84 Å². The van der Waals surface area contributed by atoms with Crippen LogP contribution in [-0.2, 0) is 9.84 Å². The number of rotatable bonds is 0. The van der Waals surface area contributed by atoms with Gasteiger partial charge in [-0.1, -0.05) is 11.6 Å². The first-order valence-corrected chi connectivity index (χ1v) is 6.93. The third kappa shape index (κ3) is 1.35. The number of halogens is 1. The van der Waals surface area contributed by atoms with E-state index in [-0.39, 0.29) is 0 Å². The molecule has 0 radical (unpaired) electrons. The third-order valence-electron chi connectivity index (χ3n) is 2.29. The molecule has 0 N–H and O–H groups in total. The van der Waals surface area contributed by atoms with E-state index in [1.54, 1.807) is 13.0 Å². The molecule has 0 aromatic heterocycles. The molecule has 2 heterocycles. The van der Waals surface area contributed by atoms with E-state index in [1.807, 2.05) is 0 Å². The van der Waals surface area contributed by atoms with Crippen molar-refractivity contribution in [1.82, 2.24) is 0 Å². The molecule has 0 aromatic carbocycles. The number of allylic oxidation sites excluding steroid dienone is 3. The van der Waals surface area contributed by atoms with Crippen molar-refractivity contribution in [2.75, 3.05) is 5.75 Å². The lowest BCUT2D eigenvalue weighted by atomic mass is 10.2. The first-order chi connectivity index (χ1) is 6.03.